The van der Waals surface area contributed by atoms with Crippen LogP contribution in [0.25, 0.3) is 0 Å². The fourth-order valence-electron chi connectivity index (χ4n) is 2.38. The zero-order chi connectivity index (χ0) is 17.0. The fraction of sp³-hybridized carbons (Fsp3) is 0.500. The van der Waals surface area contributed by atoms with Gasteiger partial charge < -0.3 is 5.32 Å². The first-order valence-electron chi connectivity index (χ1n) is 7.40. The summed E-state index contributed by atoms with van der Waals surface area (Å²) >= 11 is 0. The average Bonchev–Trinajstić information content (AvgIpc) is 3.11. The van der Waals surface area contributed by atoms with Crippen molar-refractivity contribution < 1.29 is 9.72 Å². The van der Waals surface area contributed by atoms with Crippen LogP contribution in [-0.4, -0.2) is 30.4 Å². The van der Waals surface area contributed by atoms with Crippen molar-refractivity contribution in [3.63, 3.8) is 0 Å². The number of hydrogen-bond acceptors (Lipinski definition) is 5. The van der Waals surface area contributed by atoms with E-state index in [2.05, 4.69) is 15.5 Å². The molecule has 0 aliphatic heterocycles. The molecule has 2 rings (SSSR count). The smallest absolute Gasteiger partial charge is 0.306 e. The molecule has 124 valence electrons. The third-order valence-corrected chi connectivity index (χ3v) is 3.68. The van der Waals surface area contributed by atoms with Crippen LogP contribution in [0.4, 0.5) is 5.69 Å². The second-order valence-electron chi connectivity index (χ2n) is 5.26. The monoisotopic (exact) mass is 320 g/mol. The predicted molar refractivity (Wildman–Crippen MR) is 82.7 cm³/mol. The summed E-state index contributed by atoms with van der Waals surface area (Å²) in [4.78, 5) is 22.1. The number of rotatable bonds is 7. The topological polar surface area (TPSA) is 108 Å². The zero-order valence-corrected chi connectivity index (χ0v) is 13.4. The molecule has 0 fully saturated rings. The molecule has 0 saturated carbocycles. The van der Waals surface area contributed by atoms with Crippen LogP contribution in [-0.2, 0) is 17.9 Å². The van der Waals surface area contributed by atoms with Crippen molar-refractivity contribution in [2.24, 2.45) is 0 Å². The molecule has 2 aromatic heterocycles. The number of nitro groups is 1. The minimum Gasteiger partial charge on any atom is -0.349 e. The zero-order valence-electron chi connectivity index (χ0n) is 13.4. The van der Waals surface area contributed by atoms with Gasteiger partial charge in [-0.25, -0.2) is 0 Å². The van der Waals surface area contributed by atoms with Crippen molar-refractivity contribution in [3.05, 3.63) is 40.0 Å². The minimum atomic E-state index is -0.514. The van der Waals surface area contributed by atoms with Gasteiger partial charge in [0, 0.05) is 30.8 Å². The first-order chi connectivity index (χ1) is 10.9. The lowest BCUT2D eigenvalue weighted by Crippen LogP contribution is -2.27. The summed E-state index contributed by atoms with van der Waals surface area (Å²) < 4.78 is 3.27. The average molecular weight is 320 g/mol. The van der Waals surface area contributed by atoms with Gasteiger partial charge in [0.2, 0.25) is 5.91 Å². The van der Waals surface area contributed by atoms with Gasteiger partial charge in [-0.1, -0.05) is 0 Å². The van der Waals surface area contributed by atoms with Crippen LogP contribution in [0.3, 0.4) is 0 Å². The molecule has 2 aromatic rings. The molecule has 0 aliphatic rings. The molecular weight excluding hydrogens is 300 g/mol. The van der Waals surface area contributed by atoms with Gasteiger partial charge in [0.25, 0.3) is 0 Å². The lowest BCUT2D eigenvalue weighted by molar-refractivity contribution is -0.385. The van der Waals surface area contributed by atoms with E-state index in [0.717, 1.165) is 17.8 Å². The number of carbonyl (C=O) groups excluding carboxylic acids is 1. The van der Waals surface area contributed by atoms with Gasteiger partial charge in [-0.05, 0) is 20.8 Å². The molecule has 1 N–H and O–H groups in total. The Morgan fingerprint density at radius 3 is 2.74 bits per heavy atom. The van der Waals surface area contributed by atoms with Gasteiger partial charge >= 0.3 is 5.69 Å². The molecule has 0 spiro atoms. The Morgan fingerprint density at radius 2 is 2.17 bits per heavy atom. The van der Waals surface area contributed by atoms with Crippen LogP contribution in [0.1, 0.15) is 37.6 Å². The van der Waals surface area contributed by atoms with Crippen LogP contribution < -0.4 is 5.32 Å². The highest BCUT2D eigenvalue weighted by Gasteiger charge is 2.15. The summed E-state index contributed by atoms with van der Waals surface area (Å²) in [5.74, 6) is -0.140. The molecular formula is C14H20N6O3. The van der Waals surface area contributed by atoms with Crippen molar-refractivity contribution in [1.82, 2.24) is 24.9 Å². The molecule has 23 heavy (non-hydrogen) atoms. The number of nitrogens with one attached hydrogen (secondary N) is 1. The molecule has 1 unspecified atom stereocenters. The number of nitrogens with zero attached hydrogens (tertiary/aromatic N) is 5. The Morgan fingerprint density at radius 1 is 1.43 bits per heavy atom. The van der Waals surface area contributed by atoms with Crippen LogP contribution in [0.5, 0.6) is 0 Å². The Labute approximate surface area is 133 Å². The third kappa shape index (κ3) is 3.93. The molecule has 1 amide bonds. The lowest BCUT2D eigenvalue weighted by atomic mass is 10.1. The molecule has 0 saturated heterocycles. The predicted octanol–water partition coefficient (Wildman–Crippen LogP) is 1.58. The van der Waals surface area contributed by atoms with E-state index in [0.29, 0.717) is 6.54 Å². The maximum absolute atomic E-state index is 12.0. The van der Waals surface area contributed by atoms with Crippen molar-refractivity contribution in [2.75, 3.05) is 0 Å². The molecule has 0 aliphatic carbocycles. The maximum Gasteiger partial charge on any atom is 0.306 e. The summed E-state index contributed by atoms with van der Waals surface area (Å²) in [7, 11) is 0. The molecule has 2 heterocycles. The van der Waals surface area contributed by atoms with Crippen LogP contribution in [0.2, 0.25) is 0 Å². The normalized spacial score (nSPS) is 12.1. The second kappa shape index (κ2) is 7.03. The highest BCUT2D eigenvalue weighted by atomic mass is 16.6. The van der Waals surface area contributed by atoms with Crippen molar-refractivity contribution in [2.45, 2.75) is 46.3 Å². The van der Waals surface area contributed by atoms with Gasteiger partial charge in [-0.15, -0.1) is 0 Å². The highest BCUT2D eigenvalue weighted by molar-refractivity contribution is 5.76. The molecule has 1 atom stereocenters. The summed E-state index contributed by atoms with van der Waals surface area (Å²) in [6.45, 7) is 6.96. The molecule has 0 bridgehead atoms. The first-order valence-corrected chi connectivity index (χ1v) is 7.40. The minimum absolute atomic E-state index is 0.0821. The van der Waals surface area contributed by atoms with E-state index < -0.39 is 4.92 Å². The SMILES string of the molecule is CCn1ncc(C(C)NC(=O)CCn2cc([N+](=O)[O-])cn2)c1C. The van der Waals surface area contributed by atoms with E-state index in [9.17, 15) is 14.9 Å². The van der Waals surface area contributed by atoms with Crippen molar-refractivity contribution in [3.8, 4) is 0 Å². The third-order valence-electron chi connectivity index (χ3n) is 3.68. The van der Waals surface area contributed by atoms with E-state index in [4.69, 9.17) is 0 Å². The van der Waals surface area contributed by atoms with Crippen molar-refractivity contribution >= 4 is 11.6 Å². The number of aryl methyl sites for hydroxylation is 2. The number of amides is 1. The Hall–Kier alpha value is -2.71. The van der Waals surface area contributed by atoms with E-state index in [-0.39, 0.29) is 24.1 Å². The highest BCUT2D eigenvalue weighted by Crippen LogP contribution is 2.17. The summed E-state index contributed by atoms with van der Waals surface area (Å²) in [5.41, 5.74) is 1.93. The van der Waals surface area contributed by atoms with Crippen LogP contribution in [0.15, 0.2) is 18.6 Å². The van der Waals surface area contributed by atoms with Gasteiger partial charge in [-0.3, -0.25) is 24.3 Å². The molecule has 9 nitrogen and oxygen atoms in total. The first kappa shape index (κ1) is 16.7. The van der Waals surface area contributed by atoms with Crippen LogP contribution >= 0.6 is 0 Å². The fourth-order valence-corrected chi connectivity index (χ4v) is 2.38. The van der Waals surface area contributed by atoms with E-state index in [1.165, 1.54) is 17.1 Å². The Kier molecular flexibility index (Phi) is 5.09. The summed E-state index contributed by atoms with van der Waals surface area (Å²) in [6.07, 6.45) is 4.44. The van der Waals surface area contributed by atoms with Gasteiger partial charge in [0.15, 0.2) is 0 Å². The van der Waals surface area contributed by atoms with E-state index in [1.807, 2.05) is 25.5 Å². The molecule has 9 heteroatoms. The van der Waals surface area contributed by atoms with Crippen LogP contribution in [0, 0.1) is 17.0 Å². The molecule has 0 radical (unpaired) electrons. The van der Waals surface area contributed by atoms with E-state index in [1.54, 1.807) is 6.20 Å². The maximum atomic E-state index is 12.0. The van der Waals surface area contributed by atoms with Gasteiger partial charge in [0.05, 0.1) is 17.2 Å². The second-order valence-corrected chi connectivity index (χ2v) is 5.26. The molecule has 0 aromatic carbocycles. The van der Waals surface area contributed by atoms with Crippen molar-refractivity contribution in [1.29, 1.82) is 0 Å². The Bertz CT molecular complexity index is 705. The number of carbonyl (C=O) groups is 1. The lowest BCUT2D eigenvalue weighted by Gasteiger charge is -2.14. The number of aromatic nitrogens is 4. The van der Waals surface area contributed by atoms with E-state index >= 15 is 0 Å². The standard InChI is InChI=1S/C14H20N6O3/c1-4-19-11(3)13(8-16-19)10(2)17-14(21)5-6-18-9-12(7-15-18)20(22)23/h7-10H,4-6H2,1-3H3,(H,17,21). The van der Waals surface area contributed by atoms with Gasteiger partial charge in [-0.2, -0.15) is 10.2 Å². The quantitative estimate of drug-likeness (QED) is 0.615. The summed E-state index contributed by atoms with van der Waals surface area (Å²) in [5, 5.41) is 21.6. The number of hydrogen-bond donors (Lipinski definition) is 1. The summed E-state index contributed by atoms with van der Waals surface area (Å²) in [6, 6.07) is -0.144. The Balaban J connectivity index is 1.88. The largest absolute Gasteiger partial charge is 0.349 e. The van der Waals surface area contributed by atoms with Gasteiger partial charge in [0.1, 0.15) is 12.4 Å².